The van der Waals surface area contributed by atoms with Crippen LogP contribution in [0, 0.1) is 6.92 Å². The molecule has 6 nitrogen and oxygen atoms in total. The Labute approximate surface area is 146 Å². The third-order valence-corrected chi connectivity index (χ3v) is 4.99. The van der Waals surface area contributed by atoms with Gasteiger partial charge in [0.1, 0.15) is 5.54 Å². The van der Waals surface area contributed by atoms with Gasteiger partial charge in [-0.05, 0) is 44.0 Å². The van der Waals surface area contributed by atoms with Crippen molar-refractivity contribution in [2.75, 3.05) is 26.5 Å². The van der Waals surface area contributed by atoms with Gasteiger partial charge in [0.05, 0.1) is 14.2 Å². The maximum atomic E-state index is 12.1. The molecule has 1 fully saturated rings. The molecule has 0 saturated carbocycles. The minimum absolute atomic E-state index is 0.171. The summed E-state index contributed by atoms with van der Waals surface area (Å²) in [5.74, 6) is 2.71. The summed E-state index contributed by atoms with van der Waals surface area (Å²) in [6.45, 7) is 5.86. The number of benzene rings is 1. The number of aryl methyl sites for hydroxylation is 1. The third-order valence-electron chi connectivity index (χ3n) is 4.00. The minimum atomic E-state index is -0.804. The fourth-order valence-electron chi connectivity index (χ4n) is 2.54. The van der Waals surface area contributed by atoms with Gasteiger partial charge in [-0.15, -0.1) is 0 Å². The van der Waals surface area contributed by atoms with E-state index in [9.17, 15) is 9.59 Å². The van der Waals surface area contributed by atoms with Crippen molar-refractivity contribution in [3.63, 3.8) is 0 Å². The van der Waals surface area contributed by atoms with Crippen molar-refractivity contribution in [1.82, 2.24) is 10.2 Å². The highest BCUT2D eigenvalue weighted by Gasteiger charge is 2.43. The SMILES string of the molecule is COc1cc(C)c(CSCCN2C(=O)NC(C)(C)C2=O)cc1OC. The van der Waals surface area contributed by atoms with Crippen molar-refractivity contribution in [2.24, 2.45) is 0 Å². The van der Waals surface area contributed by atoms with Crippen LogP contribution < -0.4 is 14.8 Å². The first-order valence-corrected chi connectivity index (χ1v) is 8.89. The molecule has 1 aliphatic heterocycles. The number of thioether (sulfide) groups is 1. The molecule has 1 aromatic rings. The highest BCUT2D eigenvalue weighted by molar-refractivity contribution is 7.98. The quantitative estimate of drug-likeness (QED) is 0.603. The van der Waals surface area contributed by atoms with Gasteiger partial charge in [0.15, 0.2) is 11.5 Å². The number of imide groups is 1. The standard InChI is InChI=1S/C17H24N2O4S/c1-11-8-13(22-4)14(23-5)9-12(11)10-24-7-6-19-15(20)17(2,3)18-16(19)21/h8-9H,6-7,10H2,1-5H3,(H,18,21). The molecule has 24 heavy (non-hydrogen) atoms. The minimum Gasteiger partial charge on any atom is -0.493 e. The molecular formula is C17H24N2O4S. The van der Waals surface area contributed by atoms with Crippen molar-refractivity contribution in [1.29, 1.82) is 0 Å². The van der Waals surface area contributed by atoms with E-state index in [4.69, 9.17) is 9.47 Å². The van der Waals surface area contributed by atoms with E-state index in [1.165, 1.54) is 4.90 Å². The van der Waals surface area contributed by atoms with Gasteiger partial charge < -0.3 is 14.8 Å². The first-order chi connectivity index (χ1) is 11.3. The van der Waals surface area contributed by atoms with Crippen LogP contribution in [-0.4, -0.2) is 48.9 Å². The molecule has 1 heterocycles. The number of rotatable bonds is 7. The maximum Gasteiger partial charge on any atom is 0.325 e. The fraction of sp³-hybridized carbons (Fsp3) is 0.529. The van der Waals surface area contributed by atoms with Gasteiger partial charge >= 0.3 is 6.03 Å². The second-order valence-electron chi connectivity index (χ2n) is 6.20. The summed E-state index contributed by atoms with van der Waals surface area (Å²) >= 11 is 1.67. The Kier molecular flexibility index (Phi) is 5.64. The Morgan fingerprint density at radius 3 is 2.33 bits per heavy atom. The summed E-state index contributed by atoms with van der Waals surface area (Å²) in [6.07, 6.45) is 0. The first-order valence-electron chi connectivity index (χ1n) is 7.73. The van der Waals surface area contributed by atoms with E-state index in [1.54, 1.807) is 39.8 Å². The molecule has 0 radical (unpaired) electrons. The molecule has 2 rings (SSSR count). The molecular weight excluding hydrogens is 328 g/mol. The molecule has 1 aliphatic rings. The Balaban J connectivity index is 1.91. The lowest BCUT2D eigenvalue weighted by Gasteiger charge is -2.16. The number of nitrogens with zero attached hydrogens (tertiary/aromatic N) is 1. The van der Waals surface area contributed by atoms with Crippen LogP contribution in [0.3, 0.4) is 0 Å². The second kappa shape index (κ2) is 7.34. The zero-order chi connectivity index (χ0) is 17.9. The number of urea groups is 1. The molecule has 0 atom stereocenters. The molecule has 1 N–H and O–H groups in total. The summed E-state index contributed by atoms with van der Waals surface area (Å²) in [4.78, 5) is 25.2. The van der Waals surface area contributed by atoms with E-state index in [2.05, 4.69) is 5.32 Å². The first kappa shape index (κ1) is 18.4. The Hall–Kier alpha value is -1.89. The van der Waals surface area contributed by atoms with Crippen LogP contribution in [0.25, 0.3) is 0 Å². The normalized spacial score (nSPS) is 16.3. The molecule has 0 bridgehead atoms. The van der Waals surface area contributed by atoms with E-state index in [-0.39, 0.29) is 11.9 Å². The fourth-order valence-corrected chi connectivity index (χ4v) is 3.52. The van der Waals surface area contributed by atoms with Gasteiger partial charge in [0.2, 0.25) is 0 Å². The van der Waals surface area contributed by atoms with Crippen molar-refractivity contribution >= 4 is 23.7 Å². The second-order valence-corrected chi connectivity index (χ2v) is 7.30. The molecule has 0 aliphatic carbocycles. The number of ether oxygens (including phenoxy) is 2. The number of carbonyl (C=O) groups excluding carboxylic acids is 2. The molecule has 1 saturated heterocycles. The van der Waals surface area contributed by atoms with Gasteiger partial charge in [0.25, 0.3) is 5.91 Å². The number of amides is 3. The Morgan fingerprint density at radius 1 is 1.17 bits per heavy atom. The average Bonchev–Trinajstić information content (AvgIpc) is 2.73. The lowest BCUT2D eigenvalue weighted by molar-refractivity contribution is -0.130. The number of hydrogen-bond acceptors (Lipinski definition) is 5. The summed E-state index contributed by atoms with van der Waals surface area (Å²) in [6, 6.07) is 3.61. The van der Waals surface area contributed by atoms with E-state index in [0.717, 1.165) is 16.9 Å². The van der Waals surface area contributed by atoms with Crippen LogP contribution in [0.5, 0.6) is 11.5 Å². The van der Waals surface area contributed by atoms with Crippen molar-refractivity contribution in [3.05, 3.63) is 23.3 Å². The van der Waals surface area contributed by atoms with E-state index in [1.807, 2.05) is 19.1 Å². The Morgan fingerprint density at radius 2 is 1.79 bits per heavy atom. The van der Waals surface area contributed by atoms with Crippen LogP contribution in [0.1, 0.15) is 25.0 Å². The molecule has 7 heteroatoms. The van der Waals surface area contributed by atoms with Crippen LogP contribution in [0.15, 0.2) is 12.1 Å². The number of carbonyl (C=O) groups is 2. The molecule has 0 spiro atoms. The van der Waals surface area contributed by atoms with Crippen LogP contribution in [0.4, 0.5) is 4.79 Å². The van der Waals surface area contributed by atoms with Crippen molar-refractivity contribution in [3.8, 4) is 11.5 Å². The summed E-state index contributed by atoms with van der Waals surface area (Å²) in [7, 11) is 3.23. The van der Waals surface area contributed by atoms with Gasteiger partial charge in [0, 0.05) is 18.1 Å². The zero-order valence-electron chi connectivity index (χ0n) is 14.8. The van der Waals surface area contributed by atoms with E-state index >= 15 is 0 Å². The molecule has 0 unspecified atom stereocenters. The molecule has 0 aromatic heterocycles. The van der Waals surface area contributed by atoms with E-state index in [0.29, 0.717) is 23.8 Å². The maximum absolute atomic E-state index is 12.1. The molecule has 1 aromatic carbocycles. The predicted molar refractivity (Wildman–Crippen MR) is 94.8 cm³/mol. The van der Waals surface area contributed by atoms with Gasteiger partial charge in [-0.3, -0.25) is 9.69 Å². The highest BCUT2D eigenvalue weighted by atomic mass is 32.2. The molecule has 132 valence electrons. The van der Waals surface area contributed by atoms with Gasteiger partial charge in [-0.25, -0.2) is 4.79 Å². The van der Waals surface area contributed by atoms with Crippen LogP contribution >= 0.6 is 11.8 Å². The third kappa shape index (κ3) is 3.77. The summed E-state index contributed by atoms with van der Waals surface area (Å²) in [5.41, 5.74) is 1.47. The highest BCUT2D eigenvalue weighted by Crippen LogP contribution is 2.32. The monoisotopic (exact) mass is 352 g/mol. The average molecular weight is 352 g/mol. The predicted octanol–water partition coefficient (Wildman–Crippen LogP) is 2.58. The van der Waals surface area contributed by atoms with Gasteiger partial charge in [-0.1, -0.05) is 0 Å². The summed E-state index contributed by atoms with van der Waals surface area (Å²) in [5, 5.41) is 2.69. The van der Waals surface area contributed by atoms with Crippen LogP contribution in [-0.2, 0) is 10.5 Å². The number of nitrogens with one attached hydrogen (secondary N) is 1. The lowest BCUT2D eigenvalue weighted by atomic mass is 10.1. The van der Waals surface area contributed by atoms with Crippen molar-refractivity contribution < 1.29 is 19.1 Å². The smallest absolute Gasteiger partial charge is 0.325 e. The number of hydrogen-bond donors (Lipinski definition) is 1. The van der Waals surface area contributed by atoms with E-state index < -0.39 is 5.54 Å². The van der Waals surface area contributed by atoms with Crippen molar-refractivity contribution in [2.45, 2.75) is 32.1 Å². The van der Waals surface area contributed by atoms with Gasteiger partial charge in [-0.2, -0.15) is 11.8 Å². The number of methoxy groups -OCH3 is 2. The summed E-state index contributed by atoms with van der Waals surface area (Å²) < 4.78 is 10.6. The zero-order valence-corrected chi connectivity index (χ0v) is 15.6. The lowest BCUT2D eigenvalue weighted by Crippen LogP contribution is -2.40. The topological polar surface area (TPSA) is 67.9 Å². The Bertz CT molecular complexity index is 646. The van der Waals surface area contributed by atoms with Crippen LogP contribution in [0.2, 0.25) is 0 Å². The largest absolute Gasteiger partial charge is 0.493 e. The molecule has 3 amide bonds.